The standard InChI is InChI=1S/C9H12O2.C8H10O2.C4H6O2/c10-9-8-6-2-1-5(3-6)7(8)4-11-9;9-8-6-2-4-1-5(6)7(3-4)10-8;5-4-2-1-3-6-4/h5-8H,1-4H2;4-7H,1-3H2;1-3H2. The smallest absolute Gasteiger partial charge is 0.309 e. The van der Waals surface area contributed by atoms with Gasteiger partial charge in [0.25, 0.3) is 0 Å². The van der Waals surface area contributed by atoms with Gasteiger partial charge in [0.1, 0.15) is 6.10 Å². The molecule has 0 aromatic heterocycles. The Hall–Kier alpha value is -1.59. The molecule has 4 bridgehead atoms. The second kappa shape index (κ2) is 6.78. The molecule has 8 unspecified atom stereocenters. The highest BCUT2D eigenvalue weighted by atomic mass is 16.6. The lowest BCUT2D eigenvalue weighted by Gasteiger charge is -2.19. The third-order valence-corrected chi connectivity index (χ3v) is 7.89. The number of rotatable bonds is 0. The van der Waals surface area contributed by atoms with Crippen LogP contribution in [-0.4, -0.2) is 37.2 Å². The van der Waals surface area contributed by atoms with Crippen LogP contribution < -0.4 is 0 Å². The van der Waals surface area contributed by atoms with E-state index in [1.165, 1.54) is 25.7 Å². The minimum absolute atomic E-state index is 0.0463. The molecule has 4 saturated carbocycles. The van der Waals surface area contributed by atoms with Crippen LogP contribution in [0.5, 0.6) is 0 Å². The van der Waals surface area contributed by atoms with Crippen molar-refractivity contribution in [2.24, 2.45) is 41.4 Å². The summed E-state index contributed by atoms with van der Waals surface area (Å²) in [6, 6.07) is 0. The Bertz CT molecular complexity index is 635. The van der Waals surface area contributed by atoms with Gasteiger partial charge in [-0.3, -0.25) is 14.4 Å². The number of carbonyl (C=O) groups excluding carboxylic acids is 3. The molecule has 7 fully saturated rings. The predicted octanol–water partition coefficient (Wildman–Crippen LogP) is 2.49. The van der Waals surface area contributed by atoms with Crippen molar-refractivity contribution in [2.75, 3.05) is 13.2 Å². The van der Waals surface area contributed by atoms with Crippen molar-refractivity contribution in [1.82, 2.24) is 0 Å². The molecule has 3 saturated heterocycles. The Morgan fingerprint density at radius 1 is 0.815 bits per heavy atom. The number of hydrogen-bond donors (Lipinski definition) is 0. The fraction of sp³-hybridized carbons (Fsp3) is 0.857. The molecule has 7 aliphatic rings. The summed E-state index contributed by atoms with van der Waals surface area (Å²) in [5.41, 5.74) is 0. The lowest BCUT2D eigenvalue weighted by Crippen LogP contribution is -2.22. The van der Waals surface area contributed by atoms with Crippen LogP contribution >= 0.6 is 0 Å². The molecule has 4 aliphatic carbocycles. The van der Waals surface area contributed by atoms with E-state index < -0.39 is 0 Å². The average molecular weight is 376 g/mol. The quantitative estimate of drug-likeness (QED) is 0.477. The highest BCUT2D eigenvalue weighted by Crippen LogP contribution is 2.55. The number of esters is 3. The highest BCUT2D eigenvalue weighted by molar-refractivity contribution is 5.76. The van der Waals surface area contributed by atoms with Crippen LogP contribution in [0, 0.1) is 41.4 Å². The number of ether oxygens (including phenoxy) is 3. The Balaban J connectivity index is 0.0000000932. The minimum atomic E-state index is -0.0463. The SMILES string of the molecule is O=C1CCCO1.O=C1OC2CC3CC1C2C3.O=C1OCC2C3CCC(C3)C12. The maximum atomic E-state index is 11.2. The van der Waals surface area contributed by atoms with Crippen molar-refractivity contribution in [3.05, 3.63) is 0 Å². The monoisotopic (exact) mass is 376 g/mol. The van der Waals surface area contributed by atoms with E-state index in [9.17, 15) is 14.4 Å². The Morgan fingerprint density at radius 3 is 2.26 bits per heavy atom. The maximum Gasteiger partial charge on any atom is 0.309 e. The zero-order chi connectivity index (χ0) is 18.5. The van der Waals surface area contributed by atoms with Crippen LogP contribution in [0.4, 0.5) is 0 Å². The highest BCUT2D eigenvalue weighted by Gasteiger charge is 2.56. The largest absolute Gasteiger partial charge is 0.466 e. The topological polar surface area (TPSA) is 78.9 Å². The summed E-state index contributed by atoms with van der Waals surface area (Å²) < 4.78 is 14.8. The number of cyclic esters (lactones) is 2. The molecule has 27 heavy (non-hydrogen) atoms. The predicted molar refractivity (Wildman–Crippen MR) is 93.2 cm³/mol. The van der Waals surface area contributed by atoms with E-state index in [-0.39, 0.29) is 17.9 Å². The van der Waals surface area contributed by atoms with E-state index in [2.05, 4.69) is 4.74 Å². The second-order valence-electron chi connectivity index (χ2n) is 9.30. The lowest BCUT2D eigenvalue weighted by atomic mass is 9.81. The third-order valence-electron chi connectivity index (χ3n) is 7.89. The van der Waals surface area contributed by atoms with Gasteiger partial charge in [-0.15, -0.1) is 0 Å². The molecular formula is C21H28O6. The van der Waals surface area contributed by atoms with E-state index in [4.69, 9.17) is 9.47 Å². The van der Waals surface area contributed by atoms with Gasteiger partial charge in [-0.05, 0) is 62.7 Å². The van der Waals surface area contributed by atoms with Crippen molar-refractivity contribution in [2.45, 2.75) is 57.5 Å². The molecule has 0 radical (unpaired) electrons. The van der Waals surface area contributed by atoms with E-state index in [1.54, 1.807) is 0 Å². The molecule has 0 aromatic carbocycles. The normalized spacial score (nSPS) is 46.9. The van der Waals surface area contributed by atoms with Crippen molar-refractivity contribution in [3.8, 4) is 0 Å². The van der Waals surface area contributed by atoms with E-state index in [0.29, 0.717) is 48.7 Å². The van der Waals surface area contributed by atoms with E-state index in [0.717, 1.165) is 37.7 Å². The molecule has 0 spiro atoms. The zero-order valence-corrected chi connectivity index (χ0v) is 15.6. The van der Waals surface area contributed by atoms with Crippen molar-refractivity contribution in [1.29, 1.82) is 0 Å². The van der Waals surface area contributed by atoms with Crippen molar-refractivity contribution >= 4 is 17.9 Å². The van der Waals surface area contributed by atoms with Crippen LogP contribution in [0.2, 0.25) is 0 Å². The second-order valence-corrected chi connectivity index (χ2v) is 9.30. The molecule has 148 valence electrons. The van der Waals surface area contributed by atoms with Crippen LogP contribution in [0.1, 0.15) is 51.4 Å². The summed E-state index contributed by atoms with van der Waals surface area (Å²) in [7, 11) is 0. The van der Waals surface area contributed by atoms with Crippen molar-refractivity contribution in [3.63, 3.8) is 0 Å². The van der Waals surface area contributed by atoms with Crippen LogP contribution in [0.3, 0.4) is 0 Å². The maximum absolute atomic E-state index is 11.2. The summed E-state index contributed by atoms with van der Waals surface area (Å²) in [6.07, 6.45) is 9.36. The summed E-state index contributed by atoms with van der Waals surface area (Å²) in [5, 5.41) is 0. The summed E-state index contributed by atoms with van der Waals surface area (Å²) in [5.74, 6) is 4.35. The minimum Gasteiger partial charge on any atom is -0.466 e. The zero-order valence-electron chi connectivity index (χ0n) is 15.6. The van der Waals surface area contributed by atoms with Gasteiger partial charge in [-0.1, -0.05) is 0 Å². The van der Waals surface area contributed by atoms with Gasteiger partial charge in [-0.2, -0.15) is 0 Å². The first-order valence-electron chi connectivity index (χ1n) is 10.6. The summed E-state index contributed by atoms with van der Waals surface area (Å²) >= 11 is 0. The first-order chi connectivity index (χ1) is 13.1. The van der Waals surface area contributed by atoms with E-state index >= 15 is 0 Å². The molecule has 6 nitrogen and oxygen atoms in total. The summed E-state index contributed by atoms with van der Waals surface area (Å²) in [6.45, 7) is 1.36. The molecule has 0 aromatic rings. The van der Waals surface area contributed by atoms with Crippen LogP contribution in [0.25, 0.3) is 0 Å². The first kappa shape index (κ1) is 17.5. The molecule has 0 N–H and O–H groups in total. The van der Waals surface area contributed by atoms with E-state index in [1.807, 2.05) is 0 Å². The van der Waals surface area contributed by atoms with Gasteiger partial charge in [0.15, 0.2) is 0 Å². The molecule has 6 heteroatoms. The Labute approximate surface area is 159 Å². The van der Waals surface area contributed by atoms with Crippen LogP contribution in [0.15, 0.2) is 0 Å². The van der Waals surface area contributed by atoms with Gasteiger partial charge in [0.2, 0.25) is 0 Å². The molecular weight excluding hydrogens is 348 g/mol. The number of fused-ring (bicyclic) bond motifs is 6. The third kappa shape index (κ3) is 3.05. The molecule has 3 aliphatic heterocycles. The molecule has 7 rings (SSSR count). The average Bonchev–Trinajstić information content (AvgIpc) is 3.45. The molecule has 0 amide bonds. The van der Waals surface area contributed by atoms with Gasteiger partial charge >= 0.3 is 17.9 Å². The van der Waals surface area contributed by atoms with Crippen molar-refractivity contribution < 1.29 is 28.6 Å². The Kier molecular flexibility index (Phi) is 4.40. The fourth-order valence-corrected chi connectivity index (χ4v) is 6.70. The summed E-state index contributed by atoms with van der Waals surface area (Å²) in [4.78, 5) is 32.3. The molecule has 3 heterocycles. The first-order valence-corrected chi connectivity index (χ1v) is 10.6. The Morgan fingerprint density at radius 2 is 1.67 bits per heavy atom. The van der Waals surface area contributed by atoms with Gasteiger partial charge in [0.05, 0.1) is 25.0 Å². The van der Waals surface area contributed by atoms with Gasteiger partial charge in [-0.25, -0.2) is 0 Å². The molecule has 8 atom stereocenters. The number of carbonyl (C=O) groups is 3. The lowest BCUT2D eigenvalue weighted by molar-refractivity contribution is -0.144. The fourth-order valence-electron chi connectivity index (χ4n) is 6.70. The number of hydrogen-bond acceptors (Lipinski definition) is 6. The van der Waals surface area contributed by atoms with Gasteiger partial charge in [0, 0.05) is 18.3 Å². The van der Waals surface area contributed by atoms with Gasteiger partial charge < -0.3 is 14.2 Å². The van der Waals surface area contributed by atoms with Crippen LogP contribution in [-0.2, 0) is 28.6 Å².